The maximum Gasteiger partial charge on any atom is 0.251 e. The lowest BCUT2D eigenvalue weighted by atomic mass is 10.0. The van der Waals surface area contributed by atoms with Crippen LogP contribution in [0.1, 0.15) is 43.1 Å². The minimum atomic E-state index is -3.81. The van der Waals surface area contributed by atoms with Gasteiger partial charge in [0, 0.05) is 11.6 Å². The molecule has 112 valence electrons. The Hall–Kier alpha value is -1.40. The molecule has 1 unspecified atom stereocenters. The fourth-order valence-electron chi connectivity index (χ4n) is 2.12. The highest BCUT2D eigenvalue weighted by Gasteiger charge is 2.15. The quantitative estimate of drug-likeness (QED) is 0.868. The van der Waals surface area contributed by atoms with E-state index in [1.807, 2.05) is 6.92 Å². The zero-order chi connectivity index (χ0) is 15.5. The van der Waals surface area contributed by atoms with Crippen molar-refractivity contribution in [3.05, 3.63) is 29.3 Å². The Morgan fingerprint density at radius 2 is 1.85 bits per heavy atom. The summed E-state index contributed by atoms with van der Waals surface area (Å²) in [6.07, 6.45) is 0.861. The Labute approximate surface area is 120 Å². The molecule has 0 fully saturated rings. The molecule has 0 aliphatic heterocycles. The minimum Gasteiger partial charge on any atom is -0.350 e. The number of benzene rings is 1. The van der Waals surface area contributed by atoms with Crippen molar-refractivity contribution in [2.75, 3.05) is 0 Å². The van der Waals surface area contributed by atoms with Crippen LogP contribution in [0.5, 0.6) is 0 Å². The average Bonchev–Trinajstić information content (AvgIpc) is 2.25. The summed E-state index contributed by atoms with van der Waals surface area (Å²) in [5.74, 6) is 0.189. The number of nitrogens with one attached hydrogen (secondary N) is 1. The SMILES string of the molecule is Cc1cc(C(=O)NC(C)CC(C)C)cc(S(N)(=O)=O)c1. The van der Waals surface area contributed by atoms with E-state index in [9.17, 15) is 13.2 Å². The van der Waals surface area contributed by atoms with Gasteiger partial charge in [-0.2, -0.15) is 0 Å². The first-order valence-corrected chi connectivity index (χ1v) is 8.09. The number of hydrogen-bond donors (Lipinski definition) is 2. The third-order valence-corrected chi connectivity index (χ3v) is 3.74. The molecule has 1 amide bonds. The van der Waals surface area contributed by atoms with E-state index < -0.39 is 10.0 Å². The number of sulfonamides is 1. The van der Waals surface area contributed by atoms with Crippen molar-refractivity contribution < 1.29 is 13.2 Å². The van der Waals surface area contributed by atoms with Gasteiger partial charge in [0.1, 0.15) is 0 Å². The van der Waals surface area contributed by atoms with Gasteiger partial charge in [0.05, 0.1) is 4.90 Å². The highest BCUT2D eigenvalue weighted by atomic mass is 32.2. The van der Waals surface area contributed by atoms with E-state index in [-0.39, 0.29) is 16.8 Å². The molecule has 0 saturated carbocycles. The summed E-state index contributed by atoms with van der Waals surface area (Å²) in [4.78, 5) is 12.1. The molecule has 1 aromatic rings. The van der Waals surface area contributed by atoms with Gasteiger partial charge in [-0.05, 0) is 49.9 Å². The summed E-state index contributed by atoms with van der Waals surface area (Å²) in [6.45, 7) is 7.81. The smallest absolute Gasteiger partial charge is 0.251 e. The Morgan fingerprint density at radius 3 is 2.35 bits per heavy atom. The molecule has 5 nitrogen and oxygen atoms in total. The fourth-order valence-corrected chi connectivity index (χ4v) is 2.76. The molecule has 1 aromatic carbocycles. The van der Waals surface area contributed by atoms with Gasteiger partial charge in [-0.15, -0.1) is 0 Å². The second kappa shape index (κ2) is 6.37. The van der Waals surface area contributed by atoms with Crippen LogP contribution in [-0.4, -0.2) is 20.4 Å². The standard InChI is InChI=1S/C14H22N2O3S/c1-9(2)5-11(4)16-14(17)12-6-10(3)7-13(8-12)20(15,18)19/h6-9,11H,5H2,1-4H3,(H,16,17)(H2,15,18,19). The molecule has 0 saturated heterocycles. The molecule has 0 heterocycles. The topological polar surface area (TPSA) is 89.3 Å². The van der Waals surface area contributed by atoms with E-state index in [1.54, 1.807) is 13.0 Å². The van der Waals surface area contributed by atoms with Crippen molar-refractivity contribution in [3.63, 3.8) is 0 Å². The maximum absolute atomic E-state index is 12.1. The Morgan fingerprint density at radius 1 is 1.25 bits per heavy atom. The van der Waals surface area contributed by atoms with Crippen LogP contribution in [0, 0.1) is 12.8 Å². The molecule has 6 heteroatoms. The monoisotopic (exact) mass is 298 g/mol. The molecule has 0 bridgehead atoms. The van der Waals surface area contributed by atoms with Crippen LogP contribution in [0.3, 0.4) is 0 Å². The lowest BCUT2D eigenvalue weighted by Crippen LogP contribution is -2.33. The van der Waals surface area contributed by atoms with Gasteiger partial charge in [-0.25, -0.2) is 13.6 Å². The molecule has 3 N–H and O–H groups in total. The number of nitrogens with two attached hydrogens (primary N) is 1. The molecule has 0 aliphatic rings. The predicted octanol–water partition coefficient (Wildman–Crippen LogP) is 1.81. The van der Waals surface area contributed by atoms with Gasteiger partial charge in [0.15, 0.2) is 0 Å². The van der Waals surface area contributed by atoms with Crippen LogP contribution in [0.2, 0.25) is 0 Å². The van der Waals surface area contributed by atoms with Gasteiger partial charge in [0.25, 0.3) is 5.91 Å². The number of rotatable bonds is 5. The average molecular weight is 298 g/mol. The van der Waals surface area contributed by atoms with Crippen molar-refractivity contribution in [2.45, 2.75) is 45.1 Å². The van der Waals surface area contributed by atoms with Gasteiger partial charge >= 0.3 is 0 Å². The van der Waals surface area contributed by atoms with E-state index in [0.29, 0.717) is 17.0 Å². The first kappa shape index (κ1) is 16.7. The van der Waals surface area contributed by atoms with Crippen molar-refractivity contribution in [1.29, 1.82) is 0 Å². The molecule has 0 aromatic heterocycles. The molecule has 1 rings (SSSR count). The maximum atomic E-state index is 12.1. The first-order chi connectivity index (χ1) is 9.09. The van der Waals surface area contributed by atoms with E-state index in [4.69, 9.17) is 5.14 Å². The molecule has 1 atom stereocenters. The minimum absolute atomic E-state index is 0.0287. The van der Waals surface area contributed by atoms with Gasteiger partial charge in [0.2, 0.25) is 10.0 Å². The highest BCUT2D eigenvalue weighted by Crippen LogP contribution is 2.14. The summed E-state index contributed by atoms with van der Waals surface area (Å²) < 4.78 is 22.7. The summed E-state index contributed by atoms with van der Waals surface area (Å²) in [6, 6.07) is 4.43. The Kier molecular flexibility index (Phi) is 5.30. The summed E-state index contributed by atoms with van der Waals surface area (Å²) in [5, 5.41) is 7.96. The molecular weight excluding hydrogens is 276 g/mol. The number of aryl methyl sites for hydroxylation is 1. The van der Waals surface area contributed by atoms with Crippen LogP contribution in [0.15, 0.2) is 23.1 Å². The molecule has 0 radical (unpaired) electrons. The zero-order valence-corrected chi connectivity index (χ0v) is 13.1. The van der Waals surface area contributed by atoms with E-state index in [1.165, 1.54) is 12.1 Å². The van der Waals surface area contributed by atoms with Gasteiger partial charge in [-0.3, -0.25) is 4.79 Å². The van der Waals surface area contributed by atoms with Crippen LogP contribution in [-0.2, 0) is 10.0 Å². The lowest BCUT2D eigenvalue weighted by molar-refractivity contribution is 0.0936. The lowest BCUT2D eigenvalue weighted by Gasteiger charge is -2.16. The van der Waals surface area contributed by atoms with Crippen LogP contribution in [0.4, 0.5) is 0 Å². The molecule has 0 aliphatic carbocycles. The number of carbonyl (C=O) groups excluding carboxylic acids is 1. The number of amides is 1. The number of primary sulfonamides is 1. The van der Waals surface area contributed by atoms with Crippen molar-refractivity contribution in [3.8, 4) is 0 Å². The molecule has 20 heavy (non-hydrogen) atoms. The normalized spacial score (nSPS) is 13.3. The van der Waals surface area contributed by atoms with E-state index in [0.717, 1.165) is 6.42 Å². The van der Waals surface area contributed by atoms with Crippen LogP contribution in [0.25, 0.3) is 0 Å². The summed E-state index contributed by atoms with van der Waals surface area (Å²) in [7, 11) is -3.81. The van der Waals surface area contributed by atoms with Crippen LogP contribution < -0.4 is 10.5 Å². The third kappa shape index (κ3) is 4.94. The zero-order valence-electron chi connectivity index (χ0n) is 12.3. The van der Waals surface area contributed by atoms with Crippen molar-refractivity contribution in [2.24, 2.45) is 11.1 Å². The van der Waals surface area contributed by atoms with Gasteiger partial charge in [-0.1, -0.05) is 13.8 Å². The van der Waals surface area contributed by atoms with Crippen molar-refractivity contribution in [1.82, 2.24) is 5.32 Å². The Bertz CT molecular complexity index is 594. The predicted molar refractivity (Wildman–Crippen MR) is 78.9 cm³/mol. The second-order valence-corrected chi connectivity index (χ2v) is 7.15. The van der Waals surface area contributed by atoms with Crippen molar-refractivity contribution >= 4 is 15.9 Å². The summed E-state index contributed by atoms with van der Waals surface area (Å²) >= 11 is 0. The summed E-state index contributed by atoms with van der Waals surface area (Å²) in [5.41, 5.74) is 0.989. The second-order valence-electron chi connectivity index (χ2n) is 5.58. The van der Waals surface area contributed by atoms with E-state index >= 15 is 0 Å². The van der Waals surface area contributed by atoms with Crippen LogP contribution >= 0.6 is 0 Å². The molecular formula is C14H22N2O3S. The Balaban J connectivity index is 2.97. The third-order valence-electron chi connectivity index (χ3n) is 2.84. The first-order valence-electron chi connectivity index (χ1n) is 6.55. The number of carbonyl (C=O) groups is 1. The highest BCUT2D eigenvalue weighted by molar-refractivity contribution is 7.89. The van der Waals surface area contributed by atoms with Gasteiger partial charge < -0.3 is 5.32 Å². The number of hydrogen-bond acceptors (Lipinski definition) is 3. The largest absolute Gasteiger partial charge is 0.350 e. The fraction of sp³-hybridized carbons (Fsp3) is 0.500. The van der Waals surface area contributed by atoms with E-state index in [2.05, 4.69) is 19.2 Å². The molecule has 0 spiro atoms.